The van der Waals surface area contributed by atoms with Crippen molar-refractivity contribution >= 4 is 52.0 Å². The van der Waals surface area contributed by atoms with Crippen LogP contribution in [-0.4, -0.2) is 67.5 Å². The lowest BCUT2D eigenvalue weighted by molar-refractivity contribution is 0.0609. The highest BCUT2D eigenvalue weighted by atomic mass is 31.2. The first-order valence-corrected chi connectivity index (χ1v) is 25.3. The quantitative estimate of drug-likeness (QED) is 0.139. The molecule has 0 aliphatic carbocycles. The van der Waals surface area contributed by atoms with Crippen molar-refractivity contribution in [1.29, 1.82) is 0 Å². The molecule has 0 bridgehead atoms. The first kappa shape index (κ1) is 32.5. The van der Waals surface area contributed by atoms with E-state index in [0.717, 1.165) is 4.90 Å². The Balaban J connectivity index is 2.77. The second-order valence-corrected chi connectivity index (χ2v) is 30.6. The Labute approximate surface area is 223 Å². The van der Waals surface area contributed by atoms with E-state index in [4.69, 9.17) is 21.9 Å². The van der Waals surface area contributed by atoms with E-state index in [0.29, 0.717) is 0 Å². The Morgan fingerprint density at radius 2 is 1.11 bits per heavy atom. The van der Waals surface area contributed by atoms with E-state index in [9.17, 15) is 18.7 Å². The molecule has 1 aliphatic rings. The van der Waals surface area contributed by atoms with Crippen LogP contribution in [-0.2, 0) is 31.0 Å². The Hall–Kier alpha value is -0.729. The summed E-state index contributed by atoms with van der Waals surface area (Å²) >= 11 is 0. The molecular weight excluding hydrogens is 568 g/mol. The van der Waals surface area contributed by atoms with E-state index >= 15 is 0 Å². The third-order valence-electron chi connectivity index (χ3n) is 5.13. The third-order valence-corrected chi connectivity index (χ3v) is 17.5. The summed E-state index contributed by atoms with van der Waals surface area (Å²) in [6.45, 7) is 16.2. The van der Waals surface area contributed by atoms with Crippen LogP contribution in [0.25, 0.3) is 0 Å². The lowest BCUT2D eigenvalue weighted by Gasteiger charge is -2.47. The Bertz CT molecular complexity index is 1050. The van der Waals surface area contributed by atoms with Crippen LogP contribution >= 0.6 is 15.2 Å². The van der Waals surface area contributed by atoms with Gasteiger partial charge >= 0.3 is 15.2 Å². The lowest BCUT2D eigenvalue weighted by Crippen LogP contribution is -2.49. The smallest absolute Gasteiger partial charge is 0.363 e. The van der Waals surface area contributed by atoms with Crippen LogP contribution in [0.4, 0.5) is 0 Å². The van der Waals surface area contributed by atoms with Crippen molar-refractivity contribution in [2.24, 2.45) is 0 Å². The van der Waals surface area contributed by atoms with Crippen molar-refractivity contribution < 1.29 is 40.6 Å². The van der Waals surface area contributed by atoms with Crippen molar-refractivity contribution in [1.82, 2.24) is 4.90 Å². The Morgan fingerprint density at radius 1 is 0.730 bits per heavy atom. The van der Waals surface area contributed by atoms with Crippen LogP contribution in [0, 0.1) is 0 Å². The van der Waals surface area contributed by atoms with E-state index in [1.54, 1.807) is 24.3 Å². The van der Waals surface area contributed by atoms with Crippen molar-refractivity contribution in [3.63, 3.8) is 0 Å². The molecule has 0 N–H and O–H groups in total. The van der Waals surface area contributed by atoms with E-state index in [1.807, 2.05) is 58.9 Å². The van der Waals surface area contributed by atoms with Crippen molar-refractivity contribution in [2.75, 3.05) is 20.8 Å². The molecule has 0 fully saturated rings. The predicted octanol–water partition coefficient (Wildman–Crippen LogP) is 6.56. The molecule has 1 aromatic carbocycles. The number of benzene rings is 1. The van der Waals surface area contributed by atoms with Crippen molar-refractivity contribution in [3.05, 3.63) is 35.4 Å². The molecule has 0 aromatic heterocycles. The SMILES string of the molecule is COP(=O)(O[Si](C)(C)C)C(CCN1C(=O)c2ccccc2C1=O)(O[Si](C)(C)C)P(=O)(OC)O[Si](C)(C)C. The maximum absolute atomic E-state index is 14.8. The molecule has 2 atom stereocenters. The van der Waals surface area contributed by atoms with Crippen molar-refractivity contribution in [3.8, 4) is 0 Å². The largest absolute Gasteiger partial charge is 0.393 e. The molecular formula is C22H41NO9P2Si3. The summed E-state index contributed by atoms with van der Waals surface area (Å²) in [6.07, 6.45) is -0.339. The first-order valence-electron chi connectivity index (χ1n) is 12.0. The van der Waals surface area contributed by atoms with Gasteiger partial charge in [0.1, 0.15) is 0 Å². The van der Waals surface area contributed by atoms with Gasteiger partial charge in [-0.05, 0) is 71.1 Å². The summed E-state index contributed by atoms with van der Waals surface area (Å²) in [4.78, 5) is 27.3. The number of fused-ring (bicyclic) bond motifs is 1. The van der Waals surface area contributed by atoms with E-state index in [2.05, 4.69) is 0 Å². The molecule has 10 nitrogen and oxygen atoms in total. The van der Waals surface area contributed by atoms with Crippen LogP contribution in [0.1, 0.15) is 27.1 Å². The standard InChI is InChI=1S/C22H41NO9P2Si3/c1-28-33(26,31-36(6,7)8)22(30-35(3,4)5,34(27,29-2)32-37(9,10)11)16-17-23-20(24)18-14-12-13-15-19(18)21(23)25/h12-15H,16-17H2,1-11H3. The summed E-state index contributed by atoms with van der Waals surface area (Å²) in [5.41, 5.74) is 0.538. The molecule has 1 aromatic rings. The topological polar surface area (TPSA) is 118 Å². The molecule has 0 radical (unpaired) electrons. The Kier molecular flexibility index (Phi) is 9.69. The normalized spacial score (nSPS) is 19.8. The highest BCUT2D eigenvalue weighted by Crippen LogP contribution is 2.80. The lowest BCUT2D eigenvalue weighted by atomic mass is 10.1. The Morgan fingerprint density at radius 3 is 1.41 bits per heavy atom. The van der Waals surface area contributed by atoms with Gasteiger partial charge in [0.2, 0.25) is 0 Å². The number of imide groups is 1. The summed E-state index contributed by atoms with van der Waals surface area (Å²) in [6, 6.07) is 6.50. The van der Waals surface area contributed by atoms with Gasteiger partial charge in [-0.25, -0.2) is 0 Å². The van der Waals surface area contributed by atoms with Crippen LogP contribution in [0.2, 0.25) is 58.9 Å². The molecule has 1 aliphatic heterocycles. The fourth-order valence-corrected chi connectivity index (χ4v) is 18.9. The second kappa shape index (κ2) is 11.0. The van der Waals surface area contributed by atoms with Gasteiger partial charge in [0.25, 0.3) is 16.9 Å². The van der Waals surface area contributed by atoms with Crippen molar-refractivity contribution in [2.45, 2.75) is 70.4 Å². The van der Waals surface area contributed by atoms with Gasteiger partial charge in [0, 0.05) is 27.2 Å². The molecule has 0 saturated heterocycles. The minimum Gasteiger partial charge on any atom is -0.393 e. The molecule has 0 saturated carbocycles. The number of carbonyl (C=O) groups is 2. The van der Waals surface area contributed by atoms with E-state index in [-0.39, 0.29) is 24.1 Å². The third kappa shape index (κ3) is 7.08. The van der Waals surface area contributed by atoms with E-state index < -0.39 is 57.0 Å². The predicted molar refractivity (Wildman–Crippen MR) is 152 cm³/mol. The molecule has 210 valence electrons. The van der Waals surface area contributed by atoms with Crippen LogP contribution < -0.4 is 0 Å². The zero-order chi connectivity index (χ0) is 28.7. The summed E-state index contributed by atoms with van der Waals surface area (Å²) in [5, 5.41) is -2.22. The number of hydrogen-bond acceptors (Lipinski definition) is 9. The summed E-state index contributed by atoms with van der Waals surface area (Å²) in [5.74, 6) is -1.00. The number of rotatable bonds is 13. The first-order chi connectivity index (χ1) is 16.6. The van der Waals surface area contributed by atoms with Crippen LogP contribution in [0.5, 0.6) is 0 Å². The fraction of sp³-hybridized carbons (Fsp3) is 0.636. The molecule has 2 amide bonds. The van der Waals surface area contributed by atoms with E-state index in [1.165, 1.54) is 14.2 Å². The van der Waals surface area contributed by atoms with Gasteiger partial charge in [0.05, 0.1) is 11.1 Å². The average Bonchev–Trinajstić information content (AvgIpc) is 2.97. The van der Waals surface area contributed by atoms with Crippen LogP contribution in [0.15, 0.2) is 24.3 Å². The number of carbonyl (C=O) groups excluding carboxylic acids is 2. The maximum Gasteiger partial charge on any atom is 0.363 e. The fourth-order valence-electron chi connectivity index (χ4n) is 4.00. The monoisotopic (exact) mass is 609 g/mol. The van der Waals surface area contributed by atoms with Gasteiger partial charge in [-0.1, -0.05) is 12.1 Å². The average molecular weight is 610 g/mol. The number of amides is 2. The van der Waals surface area contributed by atoms with Gasteiger partial charge in [-0.2, -0.15) is 0 Å². The van der Waals surface area contributed by atoms with Crippen LogP contribution in [0.3, 0.4) is 0 Å². The molecule has 0 spiro atoms. The zero-order valence-electron chi connectivity index (χ0n) is 23.7. The van der Waals surface area contributed by atoms with Gasteiger partial charge in [-0.3, -0.25) is 23.6 Å². The minimum absolute atomic E-state index is 0.262. The number of hydrogen-bond donors (Lipinski definition) is 0. The molecule has 2 rings (SSSR count). The highest BCUT2D eigenvalue weighted by molar-refractivity contribution is 7.75. The summed E-state index contributed by atoms with van der Waals surface area (Å²) in [7, 11) is -14.3. The van der Waals surface area contributed by atoms with Gasteiger partial charge < -0.3 is 21.9 Å². The molecule has 37 heavy (non-hydrogen) atoms. The maximum atomic E-state index is 14.8. The second-order valence-electron chi connectivity index (χ2n) is 11.8. The molecule has 2 unspecified atom stereocenters. The highest BCUT2D eigenvalue weighted by Gasteiger charge is 2.68. The zero-order valence-corrected chi connectivity index (χ0v) is 28.5. The van der Waals surface area contributed by atoms with Gasteiger partial charge in [-0.15, -0.1) is 0 Å². The van der Waals surface area contributed by atoms with Gasteiger partial charge in [0.15, 0.2) is 25.0 Å². The number of nitrogens with zero attached hydrogens (tertiary/aromatic N) is 1. The molecule has 15 heteroatoms. The minimum atomic E-state index is -4.42. The summed E-state index contributed by atoms with van der Waals surface area (Å²) < 4.78 is 59.5. The molecule has 1 heterocycles.